The number of carbonyl (C=O) groups is 1. The Morgan fingerprint density at radius 1 is 1.15 bits per heavy atom. The van der Waals surface area contributed by atoms with Gasteiger partial charge in [0, 0.05) is 56.1 Å². The van der Waals surface area contributed by atoms with Gasteiger partial charge in [0.1, 0.15) is 11.5 Å². The molecule has 0 radical (unpaired) electrons. The molecule has 2 aliphatic heterocycles. The van der Waals surface area contributed by atoms with Crippen LogP contribution in [0, 0.1) is 5.92 Å². The maximum atomic E-state index is 14.5. The van der Waals surface area contributed by atoms with Gasteiger partial charge in [0.05, 0.1) is 22.1 Å². The van der Waals surface area contributed by atoms with E-state index in [-0.39, 0.29) is 30.0 Å². The number of benzene rings is 1. The topological polar surface area (TPSA) is 74.2 Å². The molecule has 0 bridgehead atoms. The number of amides is 1. The molecule has 1 aromatic carbocycles. The average molecular weight is 579 g/mol. The van der Waals surface area contributed by atoms with Crippen molar-refractivity contribution in [2.75, 3.05) is 37.6 Å². The van der Waals surface area contributed by atoms with E-state index in [1.54, 1.807) is 12.1 Å². The fraction of sp³-hybridized carbons (Fsp3) is 0.500. The number of aromatic nitrogens is 3. The molecule has 12 heteroatoms. The molecular formula is C28H31ClF4N6O. The van der Waals surface area contributed by atoms with Crippen LogP contribution in [0.15, 0.2) is 36.7 Å². The minimum atomic E-state index is -4.67. The molecule has 5 rings (SSSR count). The fourth-order valence-electron chi connectivity index (χ4n) is 5.41. The Labute approximate surface area is 234 Å². The average Bonchev–Trinajstić information content (AvgIpc) is 3.35. The molecule has 0 spiro atoms. The SMILES string of the molecule is CC1CCN(c2ccc3c(C(=O)NCC(c4cnc(C(F)(F)F)nc4)N4CCC(C)(F)CC4)c(Cl)ccc3n2)C1. The minimum absolute atomic E-state index is 0.0421. The molecule has 4 heterocycles. The van der Waals surface area contributed by atoms with Crippen molar-refractivity contribution in [1.82, 2.24) is 25.2 Å². The number of carbonyl (C=O) groups excluding carboxylic acids is 1. The number of fused-ring (bicyclic) bond motifs is 1. The van der Waals surface area contributed by atoms with Gasteiger partial charge < -0.3 is 10.2 Å². The van der Waals surface area contributed by atoms with Crippen molar-refractivity contribution in [1.29, 1.82) is 0 Å². The van der Waals surface area contributed by atoms with Gasteiger partial charge in [-0.05, 0) is 56.4 Å². The van der Waals surface area contributed by atoms with Crippen LogP contribution in [0.4, 0.5) is 23.4 Å². The number of anilines is 1. The van der Waals surface area contributed by atoms with Crippen LogP contribution in [0.3, 0.4) is 0 Å². The van der Waals surface area contributed by atoms with Crippen LogP contribution < -0.4 is 10.2 Å². The van der Waals surface area contributed by atoms with Crippen LogP contribution in [-0.2, 0) is 6.18 Å². The molecule has 1 N–H and O–H groups in total. The van der Waals surface area contributed by atoms with Crippen LogP contribution in [0.5, 0.6) is 0 Å². The second-order valence-corrected chi connectivity index (χ2v) is 11.4. The summed E-state index contributed by atoms with van der Waals surface area (Å²) >= 11 is 6.48. The van der Waals surface area contributed by atoms with Gasteiger partial charge in [0.25, 0.3) is 5.91 Å². The lowest BCUT2D eigenvalue weighted by atomic mass is 9.93. The van der Waals surface area contributed by atoms with Crippen LogP contribution in [-0.4, -0.2) is 64.2 Å². The molecule has 2 aliphatic rings. The zero-order valence-electron chi connectivity index (χ0n) is 22.3. The first kappa shape index (κ1) is 28.5. The zero-order chi connectivity index (χ0) is 28.7. The smallest absolute Gasteiger partial charge is 0.356 e. The Morgan fingerprint density at radius 3 is 2.48 bits per heavy atom. The van der Waals surface area contributed by atoms with E-state index in [1.165, 1.54) is 6.92 Å². The summed E-state index contributed by atoms with van der Waals surface area (Å²) in [4.78, 5) is 29.4. The molecule has 2 atom stereocenters. The van der Waals surface area contributed by atoms with Gasteiger partial charge in [-0.3, -0.25) is 9.69 Å². The van der Waals surface area contributed by atoms with Gasteiger partial charge in [-0.25, -0.2) is 19.3 Å². The first-order chi connectivity index (χ1) is 18.9. The third-order valence-electron chi connectivity index (χ3n) is 7.83. The number of rotatable bonds is 6. The number of pyridine rings is 1. The maximum absolute atomic E-state index is 14.5. The van der Waals surface area contributed by atoms with E-state index in [2.05, 4.69) is 27.1 Å². The number of nitrogens with one attached hydrogen (secondary N) is 1. The molecule has 0 aliphatic carbocycles. The third kappa shape index (κ3) is 6.15. The Kier molecular flexibility index (Phi) is 7.89. The van der Waals surface area contributed by atoms with Gasteiger partial charge in [-0.15, -0.1) is 0 Å². The van der Waals surface area contributed by atoms with Crippen molar-refractivity contribution in [2.24, 2.45) is 5.92 Å². The molecule has 7 nitrogen and oxygen atoms in total. The number of likely N-dealkylation sites (tertiary alicyclic amines) is 1. The number of alkyl halides is 4. The molecule has 214 valence electrons. The number of piperidine rings is 1. The second-order valence-electron chi connectivity index (χ2n) is 11.0. The highest BCUT2D eigenvalue weighted by molar-refractivity contribution is 6.35. The van der Waals surface area contributed by atoms with Crippen molar-refractivity contribution >= 4 is 34.2 Å². The second kappa shape index (κ2) is 11.1. The maximum Gasteiger partial charge on any atom is 0.451 e. The Hall–Kier alpha value is -3.05. The molecule has 0 saturated carbocycles. The zero-order valence-corrected chi connectivity index (χ0v) is 23.1. The van der Waals surface area contributed by atoms with Crippen molar-refractivity contribution < 1.29 is 22.4 Å². The highest BCUT2D eigenvalue weighted by atomic mass is 35.5. The first-order valence-electron chi connectivity index (χ1n) is 13.4. The van der Waals surface area contributed by atoms with Gasteiger partial charge in [0.2, 0.25) is 5.82 Å². The Bertz CT molecular complexity index is 1370. The molecule has 2 fully saturated rings. The molecule has 2 unspecified atom stereocenters. The minimum Gasteiger partial charge on any atom is -0.356 e. The van der Waals surface area contributed by atoms with E-state index in [9.17, 15) is 22.4 Å². The molecule has 1 amide bonds. The van der Waals surface area contributed by atoms with Gasteiger partial charge in [-0.1, -0.05) is 18.5 Å². The van der Waals surface area contributed by atoms with Crippen LogP contribution >= 0.6 is 11.6 Å². The van der Waals surface area contributed by atoms with E-state index in [1.807, 2.05) is 17.0 Å². The van der Waals surface area contributed by atoms with E-state index < -0.39 is 29.6 Å². The van der Waals surface area contributed by atoms with Crippen molar-refractivity contribution in [2.45, 2.75) is 51.0 Å². The highest BCUT2D eigenvalue weighted by Gasteiger charge is 2.36. The van der Waals surface area contributed by atoms with Gasteiger partial charge in [-0.2, -0.15) is 13.2 Å². The molecule has 3 aromatic rings. The summed E-state index contributed by atoms with van der Waals surface area (Å²) in [7, 11) is 0. The first-order valence-corrected chi connectivity index (χ1v) is 13.7. The molecule has 2 aromatic heterocycles. The van der Waals surface area contributed by atoms with Crippen LogP contribution in [0.2, 0.25) is 5.02 Å². The number of hydrogen-bond acceptors (Lipinski definition) is 6. The van der Waals surface area contributed by atoms with E-state index in [0.29, 0.717) is 35.5 Å². The highest BCUT2D eigenvalue weighted by Crippen LogP contribution is 2.33. The van der Waals surface area contributed by atoms with Gasteiger partial charge >= 0.3 is 6.18 Å². The number of hydrogen-bond donors (Lipinski definition) is 1. The molecular weight excluding hydrogens is 548 g/mol. The fourth-order valence-corrected chi connectivity index (χ4v) is 5.66. The lowest BCUT2D eigenvalue weighted by Crippen LogP contribution is -2.45. The lowest BCUT2D eigenvalue weighted by Gasteiger charge is -2.39. The summed E-state index contributed by atoms with van der Waals surface area (Å²) in [5, 5.41) is 3.75. The summed E-state index contributed by atoms with van der Waals surface area (Å²) in [6, 6.07) is 6.59. The third-order valence-corrected chi connectivity index (χ3v) is 8.14. The summed E-state index contributed by atoms with van der Waals surface area (Å²) in [6.45, 7) is 6.36. The lowest BCUT2D eigenvalue weighted by molar-refractivity contribution is -0.145. The summed E-state index contributed by atoms with van der Waals surface area (Å²) < 4.78 is 53.6. The van der Waals surface area contributed by atoms with E-state index in [4.69, 9.17) is 16.6 Å². The summed E-state index contributed by atoms with van der Waals surface area (Å²) in [5.41, 5.74) is -0.0231. The van der Waals surface area contributed by atoms with Crippen LogP contribution in [0.1, 0.15) is 60.9 Å². The van der Waals surface area contributed by atoms with Gasteiger partial charge in [0.15, 0.2) is 0 Å². The quantitative estimate of drug-likeness (QED) is 0.371. The normalized spacial score (nSPS) is 20.6. The van der Waals surface area contributed by atoms with Crippen molar-refractivity contribution in [3.63, 3.8) is 0 Å². The largest absolute Gasteiger partial charge is 0.451 e. The summed E-state index contributed by atoms with van der Waals surface area (Å²) in [5.74, 6) is -0.250. The van der Waals surface area contributed by atoms with E-state index in [0.717, 1.165) is 37.7 Å². The summed E-state index contributed by atoms with van der Waals surface area (Å²) in [6.07, 6.45) is -0.817. The predicted octanol–water partition coefficient (Wildman–Crippen LogP) is 5.84. The monoisotopic (exact) mass is 578 g/mol. The Morgan fingerprint density at radius 2 is 1.85 bits per heavy atom. The standard InChI is InChI=1S/C28H31ClF4N6O/c1-17-7-10-39(16-17)23-6-3-19-21(37-23)5-4-20(29)24(19)25(40)34-15-22(38-11-8-27(2,30)9-12-38)18-13-35-26(36-14-18)28(31,32)33/h3-6,13-14,17,22H,7-12,15-16H2,1-2H3,(H,34,40). The van der Waals surface area contributed by atoms with Crippen molar-refractivity contribution in [3.05, 3.63) is 58.6 Å². The number of nitrogens with zero attached hydrogens (tertiary/aromatic N) is 5. The Balaban J connectivity index is 1.38. The predicted molar refractivity (Wildman–Crippen MR) is 145 cm³/mol. The van der Waals surface area contributed by atoms with Crippen molar-refractivity contribution in [3.8, 4) is 0 Å². The molecule has 2 saturated heterocycles. The van der Waals surface area contributed by atoms with Crippen LogP contribution in [0.25, 0.3) is 10.9 Å². The number of halogens is 5. The molecule has 40 heavy (non-hydrogen) atoms. The van der Waals surface area contributed by atoms with E-state index >= 15 is 0 Å².